The van der Waals surface area contributed by atoms with E-state index in [2.05, 4.69) is 5.32 Å². The normalized spacial score (nSPS) is 17.3. The highest BCUT2D eigenvalue weighted by Crippen LogP contribution is 1.87. The third-order valence-electron chi connectivity index (χ3n) is 0.781. The van der Waals surface area contributed by atoms with Gasteiger partial charge in [-0.2, -0.15) is 0 Å². The van der Waals surface area contributed by atoms with Crippen molar-refractivity contribution in [3.63, 3.8) is 0 Å². The number of rotatable bonds is 4. The summed E-state index contributed by atoms with van der Waals surface area (Å²) in [5, 5.41) is 10.2. The van der Waals surface area contributed by atoms with Crippen LogP contribution < -0.4 is 5.32 Å². The maximum atomic E-state index is 12.0. The second-order valence-electron chi connectivity index (χ2n) is 1.84. The Morgan fingerprint density at radius 1 is 1.56 bits per heavy atom. The zero-order valence-electron chi connectivity index (χ0n) is 5.27. The van der Waals surface area contributed by atoms with E-state index >= 15 is 0 Å². The summed E-state index contributed by atoms with van der Waals surface area (Å²) in [6.45, 7) is 0.658. The summed E-state index contributed by atoms with van der Waals surface area (Å²) in [6, 6.07) is 0. The first-order chi connectivity index (χ1) is 4.16. The van der Waals surface area contributed by atoms with Crippen molar-refractivity contribution in [2.24, 2.45) is 0 Å². The molecule has 0 heterocycles. The van der Waals surface area contributed by atoms with Gasteiger partial charge in [0.05, 0.1) is 6.61 Å². The van der Waals surface area contributed by atoms with Crippen molar-refractivity contribution >= 4 is 0 Å². The van der Waals surface area contributed by atoms with Crippen molar-refractivity contribution in [1.82, 2.24) is 5.32 Å². The molecule has 0 aromatic carbocycles. The van der Waals surface area contributed by atoms with Gasteiger partial charge in [-0.15, -0.1) is 0 Å². The van der Waals surface area contributed by atoms with Gasteiger partial charge in [0.25, 0.3) is 0 Å². The van der Waals surface area contributed by atoms with Gasteiger partial charge in [0.1, 0.15) is 6.17 Å². The van der Waals surface area contributed by atoms with Crippen LogP contribution in [0.4, 0.5) is 8.78 Å². The van der Waals surface area contributed by atoms with E-state index in [0.29, 0.717) is 0 Å². The summed E-state index contributed by atoms with van der Waals surface area (Å²) in [5.74, 6) is 0. The summed E-state index contributed by atoms with van der Waals surface area (Å²) in [6.07, 6.45) is -2.57. The molecule has 2 N–H and O–H groups in total. The molecule has 0 spiro atoms. The van der Waals surface area contributed by atoms with Crippen molar-refractivity contribution in [3.05, 3.63) is 0 Å². The molecule has 0 aromatic rings. The van der Waals surface area contributed by atoms with Crippen LogP contribution in [0.5, 0.6) is 0 Å². The zero-order chi connectivity index (χ0) is 7.28. The van der Waals surface area contributed by atoms with Crippen LogP contribution in [-0.2, 0) is 0 Å². The van der Waals surface area contributed by atoms with Crippen LogP contribution in [0.3, 0.4) is 0 Å². The predicted octanol–water partition coefficient (Wildman–Crippen LogP) is 0.222. The maximum Gasteiger partial charge on any atom is 0.174 e. The highest BCUT2D eigenvalue weighted by atomic mass is 19.1. The van der Waals surface area contributed by atoms with Crippen molar-refractivity contribution in [2.75, 3.05) is 13.2 Å². The monoisotopic (exact) mass is 139 g/mol. The minimum Gasteiger partial charge on any atom is -0.392 e. The van der Waals surface area contributed by atoms with Gasteiger partial charge in [-0.1, -0.05) is 0 Å². The number of halogens is 2. The molecule has 0 unspecified atom stereocenters. The fourth-order valence-corrected chi connectivity index (χ4v) is 0.355. The fourth-order valence-electron chi connectivity index (χ4n) is 0.355. The van der Waals surface area contributed by atoms with Crippen LogP contribution in [0.2, 0.25) is 0 Å². The third kappa shape index (κ3) is 5.65. The van der Waals surface area contributed by atoms with Crippen molar-refractivity contribution in [1.29, 1.82) is 0 Å². The van der Waals surface area contributed by atoms with E-state index in [9.17, 15) is 8.78 Å². The zero-order valence-corrected chi connectivity index (χ0v) is 5.27. The van der Waals surface area contributed by atoms with E-state index in [0.717, 1.165) is 0 Å². The summed E-state index contributed by atoms with van der Waals surface area (Å²) in [5.41, 5.74) is 0. The molecule has 0 aliphatic heterocycles. The van der Waals surface area contributed by atoms with Crippen LogP contribution in [0.15, 0.2) is 0 Å². The average Bonchev–Trinajstić information content (AvgIpc) is 1.83. The molecule has 0 rings (SSSR count). The summed E-state index contributed by atoms with van der Waals surface area (Å²) in [4.78, 5) is 0. The summed E-state index contributed by atoms with van der Waals surface area (Å²) >= 11 is 0. The topological polar surface area (TPSA) is 32.3 Å². The van der Waals surface area contributed by atoms with E-state index in [-0.39, 0.29) is 6.54 Å². The Balaban J connectivity index is 3.06. The van der Waals surface area contributed by atoms with Crippen LogP contribution in [0.1, 0.15) is 6.92 Å². The Bertz CT molecular complexity index is 70.0. The van der Waals surface area contributed by atoms with Gasteiger partial charge < -0.3 is 5.11 Å². The third-order valence-corrected chi connectivity index (χ3v) is 0.781. The lowest BCUT2D eigenvalue weighted by Gasteiger charge is -2.06. The van der Waals surface area contributed by atoms with Crippen molar-refractivity contribution < 1.29 is 13.9 Å². The molecule has 0 saturated heterocycles. The van der Waals surface area contributed by atoms with Crippen LogP contribution in [-0.4, -0.2) is 30.7 Å². The van der Waals surface area contributed by atoms with Gasteiger partial charge in [-0.3, -0.25) is 5.32 Å². The molecule has 9 heavy (non-hydrogen) atoms. The minimum atomic E-state index is -1.50. The van der Waals surface area contributed by atoms with Crippen LogP contribution in [0, 0.1) is 0 Å². The molecule has 2 atom stereocenters. The van der Waals surface area contributed by atoms with Gasteiger partial charge in [0, 0.05) is 6.54 Å². The number of alkyl halides is 2. The Kier molecular flexibility index (Phi) is 4.53. The van der Waals surface area contributed by atoms with Crippen molar-refractivity contribution in [2.45, 2.75) is 19.4 Å². The lowest BCUT2D eigenvalue weighted by atomic mass is 10.4. The van der Waals surface area contributed by atoms with Gasteiger partial charge in [0.15, 0.2) is 6.30 Å². The second-order valence-corrected chi connectivity index (χ2v) is 1.84. The molecule has 0 radical (unpaired) electrons. The quantitative estimate of drug-likeness (QED) is 0.546. The number of hydrogen-bond donors (Lipinski definition) is 2. The van der Waals surface area contributed by atoms with Crippen LogP contribution >= 0.6 is 0 Å². The highest BCUT2D eigenvalue weighted by Gasteiger charge is 2.04. The second kappa shape index (κ2) is 4.64. The minimum absolute atomic E-state index is 0.0538. The number of hydrogen-bond acceptors (Lipinski definition) is 2. The van der Waals surface area contributed by atoms with Crippen molar-refractivity contribution in [3.8, 4) is 0 Å². The molecule has 0 fully saturated rings. The Morgan fingerprint density at radius 3 is 2.44 bits per heavy atom. The largest absolute Gasteiger partial charge is 0.392 e. The lowest BCUT2D eigenvalue weighted by molar-refractivity contribution is 0.141. The highest BCUT2D eigenvalue weighted by molar-refractivity contribution is 4.55. The molecule has 0 amide bonds. The molecule has 0 saturated carbocycles. The molecule has 0 bridgehead atoms. The van der Waals surface area contributed by atoms with Gasteiger partial charge >= 0.3 is 0 Å². The van der Waals surface area contributed by atoms with E-state index in [4.69, 9.17) is 5.11 Å². The van der Waals surface area contributed by atoms with Gasteiger partial charge in [0.2, 0.25) is 0 Å². The first-order valence-electron chi connectivity index (χ1n) is 2.79. The number of aliphatic hydroxyl groups excluding tert-OH is 1. The number of nitrogens with one attached hydrogen (secondary N) is 1. The fraction of sp³-hybridized carbons (Fsp3) is 1.00. The van der Waals surface area contributed by atoms with E-state index < -0.39 is 19.1 Å². The SMILES string of the molecule is C[C@H](F)CN[C@@H](F)CO. The van der Waals surface area contributed by atoms with E-state index in [1.165, 1.54) is 6.92 Å². The standard InChI is InChI=1S/C5H11F2NO/c1-4(6)2-8-5(7)3-9/h4-5,8-9H,2-3H2,1H3/t4-,5+/m0/s1. The molecular formula is C5H11F2NO. The Labute approximate surface area is 52.9 Å². The first-order valence-corrected chi connectivity index (χ1v) is 2.79. The Hall–Kier alpha value is -0.220. The molecule has 0 aromatic heterocycles. The van der Waals surface area contributed by atoms with E-state index in [1.54, 1.807) is 0 Å². The maximum absolute atomic E-state index is 12.0. The molecule has 56 valence electrons. The number of aliphatic hydroxyl groups is 1. The summed E-state index contributed by atoms with van der Waals surface area (Å²) < 4.78 is 23.9. The van der Waals surface area contributed by atoms with Gasteiger partial charge in [-0.25, -0.2) is 8.78 Å². The average molecular weight is 139 g/mol. The molecule has 2 nitrogen and oxygen atoms in total. The smallest absolute Gasteiger partial charge is 0.174 e. The van der Waals surface area contributed by atoms with Crippen LogP contribution in [0.25, 0.3) is 0 Å². The molecule has 0 aliphatic carbocycles. The van der Waals surface area contributed by atoms with Gasteiger partial charge in [-0.05, 0) is 6.92 Å². The Morgan fingerprint density at radius 2 is 2.11 bits per heavy atom. The van der Waals surface area contributed by atoms with E-state index in [1.807, 2.05) is 0 Å². The lowest BCUT2D eigenvalue weighted by Crippen LogP contribution is -2.32. The first kappa shape index (κ1) is 8.78. The molecular weight excluding hydrogens is 128 g/mol. The summed E-state index contributed by atoms with van der Waals surface area (Å²) in [7, 11) is 0. The predicted molar refractivity (Wildman–Crippen MR) is 30.6 cm³/mol. The molecule has 4 heteroatoms. The molecule has 0 aliphatic rings.